The maximum absolute atomic E-state index is 11.6. The number of carboxylic acid groups (broad SMARTS) is 1. The van der Waals surface area contributed by atoms with Crippen molar-refractivity contribution in [2.45, 2.75) is 51.5 Å². The summed E-state index contributed by atoms with van der Waals surface area (Å²) in [6.45, 7) is 2.01. The summed E-state index contributed by atoms with van der Waals surface area (Å²) in [4.78, 5) is 11.6. The fraction of sp³-hybridized carbons (Fsp3) is 0.562. The fourth-order valence-corrected chi connectivity index (χ4v) is 2.93. The monoisotopic (exact) mass is 261 g/mol. The second kappa shape index (κ2) is 6.60. The highest BCUT2D eigenvalue weighted by Gasteiger charge is 2.28. The van der Waals surface area contributed by atoms with E-state index in [1.54, 1.807) is 0 Å². The first-order valence-corrected chi connectivity index (χ1v) is 7.23. The first-order valence-electron chi connectivity index (χ1n) is 7.23. The zero-order valence-electron chi connectivity index (χ0n) is 11.6. The van der Waals surface area contributed by atoms with E-state index >= 15 is 0 Å². The molecule has 0 amide bonds. The number of para-hydroxylation sites is 1. The van der Waals surface area contributed by atoms with E-state index in [2.05, 4.69) is 5.32 Å². The van der Waals surface area contributed by atoms with E-state index < -0.39 is 12.0 Å². The van der Waals surface area contributed by atoms with Crippen LogP contribution in [0, 0.1) is 12.8 Å². The van der Waals surface area contributed by atoms with Gasteiger partial charge in [-0.1, -0.05) is 43.9 Å². The SMILES string of the molecule is Cc1ccccc1NC(C(=O)O)C1CCCCCC1. The number of rotatable bonds is 4. The molecule has 104 valence electrons. The van der Waals surface area contributed by atoms with Gasteiger partial charge in [-0.15, -0.1) is 0 Å². The molecule has 1 aromatic rings. The molecule has 1 aliphatic rings. The van der Waals surface area contributed by atoms with Crippen LogP contribution >= 0.6 is 0 Å². The summed E-state index contributed by atoms with van der Waals surface area (Å²) >= 11 is 0. The van der Waals surface area contributed by atoms with Crippen molar-refractivity contribution in [3.63, 3.8) is 0 Å². The summed E-state index contributed by atoms with van der Waals surface area (Å²) in [6.07, 6.45) is 6.85. The zero-order valence-corrected chi connectivity index (χ0v) is 11.6. The predicted molar refractivity (Wildman–Crippen MR) is 77.4 cm³/mol. The van der Waals surface area contributed by atoms with Gasteiger partial charge in [0.1, 0.15) is 6.04 Å². The van der Waals surface area contributed by atoms with E-state index in [1.165, 1.54) is 12.8 Å². The normalized spacial score (nSPS) is 18.6. The molecule has 0 spiro atoms. The van der Waals surface area contributed by atoms with Crippen LogP contribution in [-0.2, 0) is 4.79 Å². The Morgan fingerprint density at radius 2 is 1.84 bits per heavy atom. The van der Waals surface area contributed by atoms with Crippen LogP contribution in [0.3, 0.4) is 0 Å². The van der Waals surface area contributed by atoms with Crippen LogP contribution in [0.2, 0.25) is 0 Å². The Morgan fingerprint density at radius 1 is 1.21 bits per heavy atom. The molecule has 1 atom stereocenters. The minimum Gasteiger partial charge on any atom is -0.480 e. The summed E-state index contributed by atoms with van der Waals surface area (Å²) in [7, 11) is 0. The molecule has 1 aliphatic carbocycles. The molecule has 0 aliphatic heterocycles. The molecule has 2 rings (SSSR count). The number of nitrogens with one attached hydrogen (secondary N) is 1. The highest BCUT2D eigenvalue weighted by molar-refractivity contribution is 5.78. The van der Waals surface area contributed by atoms with Crippen LogP contribution in [-0.4, -0.2) is 17.1 Å². The minimum absolute atomic E-state index is 0.250. The van der Waals surface area contributed by atoms with E-state index in [9.17, 15) is 9.90 Å². The minimum atomic E-state index is -0.727. The predicted octanol–water partition coefficient (Wildman–Crippen LogP) is 3.83. The standard InChI is InChI=1S/C16H23NO2/c1-12-8-6-7-11-14(12)17-15(16(18)19)13-9-4-2-3-5-10-13/h6-8,11,13,15,17H,2-5,9-10H2,1H3,(H,18,19). The van der Waals surface area contributed by atoms with Crippen molar-refractivity contribution in [3.8, 4) is 0 Å². The van der Waals surface area contributed by atoms with Gasteiger partial charge in [0.25, 0.3) is 0 Å². The highest BCUT2D eigenvalue weighted by atomic mass is 16.4. The van der Waals surface area contributed by atoms with Crippen LogP contribution in [0.15, 0.2) is 24.3 Å². The maximum atomic E-state index is 11.6. The number of benzene rings is 1. The summed E-state index contributed by atoms with van der Waals surface area (Å²) < 4.78 is 0. The number of aliphatic carboxylic acids is 1. The van der Waals surface area contributed by atoms with Gasteiger partial charge in [-0.2, -0.15) is 0 Å². The lowest BCUT2D eigenvalue weighted by Crippen LogP contribution is -2.37. The maximum Gasteiger partial charge on any atom is 0.326 e. The Labute approximate surface area is 115 Å². The van der Waals surface area contributed by atoms with Gasteiger partial charge >= 0.3 is 5.97 Å². The molecule has 0 bridgehead atoms. The third-order valence-corrected chi connectivity index (χ3v) is 4.09. The average molecular weight is 261 g/mol. The zero-order chi connectivity index (χ0) is 13.7. The summed E-state index contributed by atoms with van der Waals surface area (Å²) in [5.74, 6) is -0.477. The van der Waals surface area contributed by atoms with E-state index in [0.29, 0.717) is 0 Å². The number of hydrogen-bond donors (Lipinski definition) is 2. The number of hydrogen-bond acceptors (Lipinski definition) is 2. The Bertz CT molecular complexity index is 423. The Hall–Kier alpha value is -1.51. The molecular formula is C16H23NO2. The molecule has 1 unspecified atom stereocenters. The van der Waals surface area contributed by atoms with Crippen molar-refractivity contribution in [3.05, 3.63) is 29.8 Å². The lowest BCUT2D eigenvalue weighted by atomic mass is 9.91. The fourth-order valence-electron chi connectivity index (χ4n) is 2.93. The first kappa shape index (κ1) is 13.9. The van der Waals surface area contributed by atoms with E-state index in [0.717, 1.165) is 36.9 Å². The van der Waals surface area contributed by atoms with E-state index in [-0.39, 0.29) is 5.92 Å². The van der Waals surface area contributed by atoms with Gasteiger partial charge in [0.2, 0.25) is 0 Å². The van der Waals surface area contributed by atoms with Crippen LogP contribution in [0.1, 0.15) is 44.1 Å². The van der Waals surface area contributed by atoms with Gasteiger partial charge in [0, 0.05) is 5.69 Å². The van der Waals surface area contributed by atoms with Gasteiger partial charge in [0.15, 0.2) is 0 Å². The van der Waals surface area contributed by atoms with Gasteiger partial charge in [0.05, 0.1) is 0 Å². The molecule has 1 saturated carbocycles. The molecule has 0 heterocycles. The van der Waals surface area contributed by atoms with Gasteiger partial charge in [-0.3, -0.25) is 0 Å². The van der Waals surface area contributed by atoms with E-state index in [4.69, 9.17) is 0 Å². The van der Waals surface area contributed by atoms with Crippen LogP contribution < -0.4 is 5.32 Å². The van der Waals surface area contributed by atoms with E-state index in [1.807, 2.05) is 31.2 Å². The van der Waals surface area contributed by atoms with Crippen molar-refractivity contribution >= 4 is 11.7 Å². The quantitative estimate of drug-likeness (QED) is 0.810. The number of aryl methyl sites for hydroxylation is 1. The molecule has 0 aromatic heterocycles. The summed E-state index contributed by atoms with van der Waals surface area (Å²) in [6, 6.07) is 7.43. The number of anilines is 1. The Morgan fingerprint density at radius 3 is 2.42 bits per heavy atom. The lowest BCUT2D eigenvalue weighted by Gasteiger charge is -2.25. The van der Waals surface area contributed by atoms with Crippen LogP contribution in [0.25, 0.3) is 0 Å². The van der Waals surface area contributed by atoms with Gasteiger partial charge < -0.3 is 10.4 Å². The Balaban J connectivity index is 2.11. The highest BCUT2D eigenvalue weighted by Crippen LogP contribution is 2.28. The third kappa shape index (κ3) is 3.72. The lowest BCUT2D eigenvalue weighted by molar-refractivity contribution is -0.139. The molecule has 0 saturated heterocycles. The largest absolute Gasteiger partial charge is 0.480 e. The third-order valence-electron chi connectivity index (χ3n) is 4.09. The van der Waals surface area contributed by atoms with Crippen LogP contribution in [0.5, 0.6) is 0 Å². The van der Waals surface area contributed by atoms with Gasteiger partial charge in [-0.25, -0.2) is 4.79 Å². The molecule has 0 radical (unpaired) electrons. The van der Waals surface area contributed by atoms with Crippen LogP contribution in [0.4, 0.5) is 5.69 Å². The average Bonchev–Trinajstić information content (AvgIpc) is 2.66. The number of carbonyl (C=O) groups is 1. The summed E-state index contributed by atoms with van der Waals surface area (Å²) in [5.41, 5.74) is 2.04. The smallest absolute Gasteiger partial charge is 0.326 e. The van der Waals surface area contributed by atoms with Crippen molar-refractivity contribution in [2.75, 3.05) is 5.32 Å². The van der Waals surface area contributed by atoms with Crippen molar-refractivity contribution in [2.24, 2.45) is 5.92 Å². The second-order valence-corrected chi connectivity index (χ2v) is 5.53. The molecule has 2 N–H and O–H groups in total. The molecule has 19 heavy (non-hydrogen) atoms. The molecule has 3 nitrogen and oxygen atoms in total. The van der Waals surface area contributed by atoms with Crippen molar-refractivity contribution in [1.29, 1.82) is 0 Å². The molecule has 1 aromatic carbocycles. The Kier molecular flexibility index (Phi) is 4.83. The molecular weight excluding hydrogens is 238 g/mol. The van der Waals surface area contributed by atoms with Gasteiger partial charge in [-0.05, 0) is 37.3 Å². The first-order chi connectivity index (χ1) is 9.18. The number of carboxylic acids is 1. The van der Waals surface area contributed by atoms with Crippen molar-refractivity contribution < 1.29 is 9.90 Å². The molecule has 3 heteroatoms. The second-order valence-electron chi connectivity index (χ2n) is 5.53. The molecule has 1 fully saturated rings. The summed E-state index contributed by atoms with van der Waals surface area (Å²) in [5, 5.41) is 12.8. The van der Waals surface area contributed by atoms with Crippen molar-refractivity contribution in [1.82, 2.24) is 0 Å². The topological polar surface area (TPSA) is 49.3 Å².